The normalized spacial score (nSPS) is 17.9. The van der Waals surface area contributed by atoms with E-state index in [4.69, 9.17) is 4.74 Å². The van der Waals surface area contributed by atoms with E-state index in [9.17, 15) is 0 Å². The van der Waals surface area contributed by atoms with Crippen LogP contribution in [0, 0.1) is 5.41 Å². The maximum atomic E-state index is 5.23. The third kappa shape index (κ3) is 2.75. The molecular weight excluding hydrogens is 284 g/mol. The molecular formula is C13H17BrOS. The molecule has 1 aliphatic rings. The van der Waals surface area contributed by atoms with Crippen LogP contribution in [-0.4, -0.2) is 18.2 Å². The Balaban J connectivity index is 1.93. The fourth-order valence-corrected chi connectivity index (χ4v) is 4.18. The summed E-state index contributed by atoms with van der Waals surface area (Å²) in [6.45, 7) is 0. The van der Waals surface area contributed by atoms with Crippen molar-refractivity contribution in [3.63, 3.8) is 0 Å². The highest BCUT2D eigenvalue weighted by Gasteiger charge is 2.35. The van der Waals surface area contributed by atoms with Gasteiger partial charge in [-0.3, -0.25) is 0 Å². The Labute approximate surface area is 110 Å². The van der Waals surface area contributed by atoms with Crippen molar-refractivity contribution >= 4 is 27.7 Å². The van der Waals surface area contributed by atoms with Gasteiger partial charge in [0.2, 0.25) is 0 Å². The Morgan fingerprint density at radius 3 is 2.81 bits per heavy atom. The van der Waals surface area contributed by atoms with E-state index < -0.39 is 0 Å². The van der Waals surface area contributed by atoms with Gasteiger partial charge in [-0.05, 0) is 36.5 Å². The number of halogens is 1. The predicted molar refractivity (Wildman–Crippen MR) is 73.8 cm³/mol. The van der Waals surface area contributed by atoms with E-state index in [1.807, 2.05) is 17.8 Å². The maximum absolute atomic E-state index is 5.23. The Morgan fingerprint density at radius 1 is 1.44 bits per heavy atom. The molecule has 0 aromatic heterocycles. The van der Waals surface area contributed by atoms with E-state index in [-0.39, 0.29) is 0 Å². The highest BCUT2D eigenvalue weighted by Crippen LogP contribution is 2.46. The van der Waals surface area contributed by atoms with Crippen LogP contribution in [0.2, 0.25) is 0 Å². The van der Waals surface area contributed by atoms with Crippen LogP contribution in [0.5, 0.6) is 5.75 Å². The third-order valence-electron chi connectivity index (χ3n) is 3.28. The van der Waals surface area contributed by atoms with E-state index in [0.29, 0.717) is 5.41 Å². The number of methoxy groups -OCH3 is 1. The zero-order chi connectivity index (χ0) is 11.4. The molecule has 0 spiro atoms. The number of benzene rings is 1. The molecule has 0 radical (unpaired) electrons. The Bertz CT molecular complexity index is 344. The molecule has 88 valence electrons. The average molecular weight is 301 g/mol. The molecule has 1 nitrogen and oxygen atoms in total. The van der Waals surface area contributed by atoms with Gasteiger partial charge >= 0.3 is 0 Å². The number of rotatable bonds is 5. The number of thioether (sulfide) groups is 1. The minimum absolute atomic E-state index is 0.549. The van der Waals surface area contributed by atoms with Gasteiger partial charge in [0.05, 0.1) is 7.11 Å². The van der Waals surface area contributed by atoms with E-state index in [2.05, 4.69) is 34.1 Å². The summed E-state index contributed by atoms with van der Waals surface area (Å²) in [4.78, 5) is 1.31. The molecule has 0 unspecified atom stereocenters. The average Bonchev–Trinajstić information content (AvgIpc) is 2.29. The molecule has 16 heavy (non-hydrogen) atoms. The lowest BCUT2D eigenvalue weighted by Crippen LogP contribution is -2.33. The first-order chi connectivity index (χ1) is 7.78. The summed E-state index contributed by atoms with van der Waals surface area (Å²) in [6.07, 6.45) is 4.13. The van der Waals surface area contributed by atoms with Crippen molar-refractivity contribution in [1.82, 2.24) is 0 Å². The fraction of sp³-hybridized carbons (Fsp3) is 0.538. The lowest BCUT2D eigenvalue weighted by molar-refractivity contribution is 0.206. The van der Waals surface area contributed by atoms with Crippen molar-refractivity contribution in [3.05, 3.63) is 24.3 Å². The predicted octanol–water partition coefficient (Wildman–Crippen LogP) is 4.35. The first kappa shape index (κ1) is 12.3. The lowest BCUT2D eigenvalue weighted by atomic mass is 9.72. The van der Waals surface area contributed by atoms with Gasteiger partial charge in [-0.2, -0.15) is 0 Å². The van der Waals surface area contributed by atoms with Crippen molar-refractivity contribution in [2.75, 3.05) is 18.2 Å². The third-order valence-corrected chi connectivity index (χ3v) is 5.82. The SMILES string of the molecule is COc1cccc(SCC2(CBr)CCC2)c1. The van der Waals surface area contributed by atoms with Gasteiger partial charge in [-0.15, -0.1) is 11.8 Å². The minimum atomic E-state index is 0.549. The van der Waals surface area contributed by atoms with Gasteiger partial charge in [-0.25, -0.2) is 0 Å². The second-order valence-electron chi connectivity index (χ2n) is 4.45. The summed E-state index contributed by atoms with van der Waals surface area (Å²) in [6, 6.07) is 8.33. The molecule has 0 atom stereocenters. The van der Waals surface area contributed by atoms with Crippen LogP contribution in [0.4, 0.5) is 0 Å². The van der Waals surface area contributed by atoms with Crippen LogP contribution >= 0.6 is 27.7 Å². The molecule has 0 N–H and O–H groups in total. The van der Waals surface area contributed by atoms with Gasteiger partial charge < -0.3 is 4.74 Å². The first-order valence-electron chi connectivity index (χ1n) is 5.61. The van der Waals surface area contributed by atoms with Crippen LogP contribution < -0.4 is 4.74 Å². The fourth-order valence-electron chi connectivity index (χ4n) is 1.92. The van der Waals surface area contributed by atoms with Gasteiger partial charge in [0.25, 0.3) is 0 Å². The van der Waals surface area contributed by atoms with Crippen LogP contribution in [-0.2, 0) is 0 Å². The maximum Gasteiger partial charge on any atom is 0.119 e. The summed E-state index contributed by atoms with van der Waals surface area (Å²) >= 11 is 5.59. The molecule has 1 aromatic rings. The number of hydrogen-bond acceptors (Lipinski definition) is 2. The van der Waals surface area contributed by atoms with Crippen LogP contribution in [0.1, 0.15) is 19.3 Å². The van der Waals surface area contributed by atoms with E-state index in [1.54, 1.807) is 7.11 Å². The van der Waals surface area contributed by atoms with Crippen molar-refractivity contribution in [3.8, 4) is 5.75 Å². The molecule has 1 aliphatic carbocycles. The molecule has 0 aliphatic heterocycles. The molecule has 0 amide bonds. The number of alkyl halides is 1. The van der Waals surface area contributed by atoms with Gasteiger partial charge in [0.1, 0.15) is 5.75 Å². The van der Waals surface area contributed by atoms with E-state index >= 15 is 0 Å². The summed E-state index contributed by atoms with van der Waals surface area (Å²) in [5.74, 6) is 2.16. The summed E-state index contributed by atoms with van der Waals surface area (Å²) in [5, 5.41) is 1.14. The molecule has 1 aromatic carbocycles. The number of hydrogen-bond donors (Lipinski definition) is 0. The Hall–Kier alpha value is -0.150. The summed E-state index contributed by atoms with van der Waals surface area (Å²) in [5.41, 5.74) is 0.549. The monoisotopic (exact) mass is 300 g/mol. The molecule has 1 saturated carbocycles. The second kappa shape index (κ2) is 5.46. The Morgan fingerprint density at radius 2 is 2.25 bits per heavy atom. The summed E-state index contributed by atoms with van der Waals surface area (Å²) in [7, 11) is 1.72. The van der Waals surface area contributed by atoms with Crippen molar-refractivity contribution in [1.29, 1.82) is 0 Å². The summed E-state index contributed by atoms with van der Waals surface area (Å²) < 4.78 is 5.23. The molecule has 0 heterocycles. The van der Waals surface area contributed by atoms with Gasteiger partial charge in [-0.1, -0.05) is 28.4 Å². The highest BCUT2D eigenvalue weighted by atomic mass is 79.9. The highest BCUT2D eigenvalue weighted by molar-refractivity contribution is 9.09. The van der Waals surface area contributed by atoms with Gasteiger partial charge in [0.15, 0.2) is 0 Å². The smallest absolute Gasteiger partial charge is 0.119 e. The second-order valence-corrected chi connectivity index (χ2v) is 6.06. The molecule has 0 bridgehead atoms. The van der Waals surface area contributed by atoms with E-state index in [0.717, 1.165) is 11.1 Å². The first-order valence-corrected chi connectivity index (χ1v) is 7.72. The van der Waals surface area contributed by atoms with Crippen molar-refractivity contribution in [2.45, 2.75) is 24.2 Å². The van der Waals surface area contributed by atoms with Crippen LogP contribution in [0.3, 0.4) is 0 Å². The standard InChI is InChI=1S/C13H17BrOS/c1-15-11-4-2-5-12(8-11)16-10-13(9-14)6-3-7-13/h2,4-5,8H,3,6-7,9-10H2,1H3. The largest absolute Gasteiger partial charge is 0.497 e. The van der Waals surface area contributed by atoms with Crippen LogP contribution in [0.25, 0.3) is 0 Å². The minimum Gasteiger partial charge on any atom is -0.497 e. The number of ether oxygens (including phenoxy) is 1. The zero-order valence-corrected chi connectivity index (χ0v) is 11.9. The topological polar surface area (TPSA) is 9.23 Å². The van der Waals surface area contributed by atoms with Crippen molar-refractivity contribution < 1.29 is 4.74 Å². The molecule has 3 heteroatoms. The lowest BCUT2D eigenvalue weighted by Gasteiger charge is -2.40. The van der Waals surface area contributed by atoms with E-state index in [1.165, 1.54) is 29.9 Å². The van der Waals surface area contributed by atoms with Gasteiger partial charge in [0, 0.05) is 16.0 Å². The van der Waals surface area contributed by atoms with Crippen LogP contribution in [0.15, 0.2) is 29.2 Å². The molecule has 0 saturated heterocycles. The van der Waals surface area contributed by atoms with Crippen molar-refractivity contribution in [2.24, 2.45) is 5.41 Å². The quantitative estimate of drug-likeness (QED) is 0.590. The Kier molecular flexibility index (Phi) is 4.20. The molecule has 2 rings (SSSR count). The zero-order valence-electron chi connectivity index (χ0n) is 9.54. The molecule has 1 fully saturated rings.